The third kappa shape index (κ3) is 3.91. The van der Waals surface area contributed by atoms with Crippen LogP contribution in [-0.2, 0) is 12.8 Å². The van der Waals surface area contributed by atoms with E-state index in [9.17, 15) is 0 Å². The van der Waals surface area contributed by atoms with E-state index in [0.717, 1.165) is 17.3 Å². The van der Waals surface area contributed by atoms with Gasteiger partial charge in [-0.05, 0) is 69.8 Å². The molecule has 1 atom stereocenters. The fraction of sp³-hybridized carbons (Fsp3) is 0.308. The molecule has 4 heteroatoms. The molecule has 0 saturated carbocycles. The number of pyridine rings is 1. The Labute approximate surface area is 114 Å². The molecule has 0 saturated heterocycles. The molecule has 0 aliphatic carbocycles. The van der Waals surface area contributed by atoms with Crippen LogP contribution in [0.25, 0.3) is 0 Å². The minimum Gasteiger partial charge on any atom is -0.316 e. The zero-order valence-electron chi connectivity index (χ0n) is 9.69. The lowest BCUT2D eigenvalue weighted by Crippen LogP contribution is -2.29. The van der Waals surface area contributed by atoms with Crippen LogP contribution in [0.4, 0.5) is 0 Å². The van der Waals surface area contributed by atoms with E-state index in [1.54, 1.807) is 11.3 Å². The number of likely N-dealkylation sites (N-methyl/N-ethyl adjacent to an activating group) is 1. The molecular weight excluding hydrogens is 296 g/mol. The van der Waals surface area contributed by atoms with Crippen molar-refractivity contribution in [3.63, 3.8) is 0 Å². The summed E-state index contributed by atoms with van der Waals surface area (Å²) < 4.78 is 1.04. The number of halogens is 1. The van der Waals surface area contributed by atoms with Gasteiger partial charge in [0.15, 0.2) is 0 Å². The highest BCUT2D eigenvalue weighted by molar-refractivity contribution is 9.10. The fourth-order valence-electron chi connectivity index (χ4n) is 1.82. The van der Waals surface area contributed by atoms with Crippen LogP contribution in [0.1, 0.15) is 11.1 Å². The molecule has 0 aromatic carbocycles. The van der Waals surface area contributed by atoms with Gasteiger partial charge in [0, 0.05) is 22.9 Å². The second kappa shape index (κ2) is 6.28. The normalized spacial score (nSPS) is 12.6. The van der Waals surface area contributed by atoms with Crippen molar-refractivity contribution in [3.8, 4) is 0 Å². The van der Waals surface area contributed by atoms with Crippen LogP contribution >= 0.6 is 27.3 Å². The summed E-state index contributed by atoms with van der Waals surface area (Å²) in [5.74, 6) is 0. The number of thiophene rings is 1. The Morgan fingerprint density at radius 1 is 1.35 bits per heavy atom. The third-order valence-corrected chi connectivity index (χ3v) is 3.88. The van der Waals surface area contributed by atoms with Crippen molar-refractivity contribution in [3.05, 3.63) is 50.9 Å². The first kappa shape index (κ1) is 12.7. The van der Waals surface area contributed by atoms with Crippen molar-refractivity contribution in [1.82, 2.24) is 10.3 Å². The van der Waals surface area contributed by atoms with Gasteiger partial charge in [-0.3, -0.25) is 4.98 Å². The first-order valence-corrected chi connectivity index (χ1v) is 7.29. The topological polar surface area (TPSA) is 24.9 Å². The molecule has 0 amide bonds. The molecule has 90 valence electrons. The van der Waals surface area contributed by atoms with Gasteiger partial charge in [-0.15, -0.1) is 0 Å². The summed E-state index contributed by atoms with van der Waals surface area (Å²) in [6.45, 7) is 0. The van der Waals surface area contributed by atoms with Crippen molar-refractivity contribution in [2.45, 2.75) is 18.9 Å². The standard InChI is InChI=1S/C13H15BrN2S/c1-15-13(5-10-2-3-17-9-10)6-11-4-12(14)8-16-7-11/h2-4,7-9,13,15H,5-6H2,1H3. The van der Waals surface area contributed by atoms with Gasteiger partial charge < -0.3 is 5.32 Å². The predicted octanol–water partition coefficient (Wildman–Crippen LogP) is 3.28. The second-order valence-electron chi connectivity index (χ2n) is 4.04. The fourth-order valence-corrected chi connectivity index (χ4v) is 2.92. The molecule has 2 rings (SSSR count). The van der Waals surface area contributed by atoms with E-state index in [4.69, 9.17) is 0 Å². The van der Waals surface area contributed by atoms with Crippen molar-refractivity contribution in [2.24, 2.45) is 0 Å². The van der Waals surface area contributed by atoms with Crippen molar-refractivity contribution < 1.29 is 0 Å². The van der Waals surface area contributed by atoms with E-state index < -0.39 is 0 Å². The number of nitrogens with one attached hydrogen (secondary N) is 1. The van der Waals surface area contributed by atoms with Gasteiger partial charge in [0.25, 0.3) is 0 Å². The number of aromatic nitrogens is 1. The summed E-state index contributed by atoms with van der Waals surface area (Å²) in [5.41, 5.74) is 2.66. The Morgan fingerprint density at radius 2 is 2.18 bits per heavy atom. The van der Waals surface area contributed by atoms with Crippen LogP contribution in [0, 0.1) is 0 Å². The highest BCUT2D eigenvalue weighted by Crippen LogP contribution is 2.14. The van der Waals surface area contributed by atoms with Crippen molar-refractivity contribution >= 4 is 27.3 Å². The second-order valence-corrected chi connectivity index (χ2v) is 5.73. The van der Waals surface area contributed by atoms with Crippen LogP contribution < -0.4 is 5.32 Å². The van der Waals surface area contributed by atoms with Gasteiger partial charge in [-0.2, -0.15) is 11.3 Å². The summed E-state index contributed by atoms with van der Waals surface area (Å²) >= 11 is 5.21. The van der Waals surface area contributed by atoms with Gasteiger partial charge in [0.1, 0.15) is 0 Å². The Morgan fingerprint density at radius 3 is 2.82 bits per heavy atom. The molecule has 0 spiro atoms. The van der Waals surface area contributed by atoms with Crippen molar-refractivity contribution in [2.75, 3.05) is 7.05 Å². The Balaban J connectivity index is 2.00. The smallest absolute Gasteiger partial charge is 0.0410 e. The van der Waals surface area contributed by atoms with Crippen LogP contribution in [0.5, 0.6) is 0 Å². The number of hydrogen-bond donors (Lipinski definition) is 1. The van der Waals surface area contributed by atoms with E-state index in [1.165, 1.54) is 11.1 Å². The molecule has 2 heterocycles. The third-order valence-electron chi connectivity index (χ3n) is 2.71. The summed E-state index contributed by atoms with van der Waals surface area (Å²) in [6, 6.07) is 4.78. The molecule has 0 radical (unpaired) electrons. The molecule has 1 unspecified atom stereocenters. The monoisotopic (exact) mass is 310 g/mol. The lowest BCUT2D eigenvalue weighted by Gasteiger charge is -2.15. The Bertz CT molecular complexity index is 456. The van der Waals surface area contributed by atoms with E-state index in [1.807, 2.05) is 19.4 Å². The Hall–Kier alpha value is -0.710. The molecule has 0 aliphatic rings. The molecule has 2 aromatic heterocycles. The molecule has 2 nitrogen and oxygen atoms in total. The minimum atomic E-state index is 0.459. The molecule has 2 aromatic rings. The van der Waals surface area contributed by atoms with Gasteiger partial charge in [-0.25, -0.2) is 0 Å². The first-order chi connectivity index (χ1) is 8.28. The SMILES string of the molecule is CNC(Cc1ccsc1)Cc1cncc(Br)c1. The van der Waals surface area contributed by atoms with Crippen molar-refractivity contribution in [1.29, 1.82) is 0 Å². The molecule has 17 heavy (non-hydrogen) atoms. The van der Waals surface area contributed by atoms with E-state index in [2.05, 4.69) is 49.1 Å². The van der Waals surface area contributed by atoms with Crippen LogP contribution in [0.2, 0.25) is 0 Å². The van der Waals surface area contributed by atoms with E-state index in [0.29, 0.717) is 6.04 Å². The van der Waals surface area contributed by atoms with Crippen LogP contribution in [-0.4, -0.2) is 18.1 Å². The summed E-state index contributed by atoms with van der Waals surface area (Å²) in [7, 11) is 2.02. The minimum absolute atomic E-state index is 0.459. The number of rotatable bonds is 5. The first-order valence-electron chi connectivity index (χ1n) is 5.55. The molecule has 0 aliphatic heterocycles. The number of hydrogen-bond acceptors (Lipinski definition) is 3. The predicted molar refractivity (Wildman–Crippen MR) is 76.5 cm³/mol. The summed E-state index contributed by atoms with van der Waals surface area (Å²) in [5, 5.41) is 7.71. The van der Waals surface area contributed by atoms with Gasteiger partial charge in [0.2, 0.25) is 0 Å². The average molecular weight is 311 g/mol. The Kier molecular flexibility index (Phi) is 4.71. The van der Waals surface area contributed by atoms with Crippen LogP contribution in [0.3, 0.4) is 0 Å². The highest BCUT2D eigenvalue weighted by atomic mass is 79.9. The number of nitrogens with zero attached hydrogens (tertiary/aromatic N) is 1. The molecule has 1 N–H and O–H groups in total. The van der Waals surface area contributed by atoms with Gasteiger partial charge >= 0.3 is 0 Å². The quantitative estimate of drug-likeness (QED) is 0.916. The lowest BCUT2D eigenvalue weighted by molar-refractivity contribution is 0.556. The van der Waals surface area contributed by atoms with Gasteiger partial charge in [0.05, 0.1) is 0 Å². The maximum atomic E-state index is 4.20. The zero-order valence-corrected chi connectivity index (χ0v) is 12.1. The highest BCUT2D eigenvalue weighted by Gasteiger charge is 2.09. The lowest BCUT2D eigenvalue weighted by atomic mass is 10.0. The molecular formula is C13H15BrN2S. The zero-order chi connectivity index (χ0) is 12.1. The summed E-state index contributed by atoms with van der Waals surface area (Å²) in [4.78, 5) is 4.20. The average Bonchev–Trinajstić information content (AvgIpc) is 2.81. The van der Waals surface area contributed by atoms with E-state index in [-0.39, 0.29) is 0 Å². The van der Waals surface area contributed by atoms with Gasteiger partial charge in [-0.1, -0.05) is 0 Å². The largest absolute Gasteiger partial charge is 0.316 e. The van der Waals surface area contributed by atoms with Crippen LogP contribution in [0.15, 0.2) is 39.8 Å². The molecule has 0 fully saturated rings. The maximum absolute atomic E-state index is 4.20. The van der Waals surface area contributed by atoms with E-state index >= 15 is 0 Å². The molecule has 0 bridgehead atoms. The maximum Gasteiger partial charge on any atom is 0.0410 e. The summed E-state index contributed by atoms with van der Waals surface area (Å²) in [6.07, 6.45) is 5.81.